The van der Waals surface area contributed by atoms with Gasteiger partial charge in [0.05, 0.1) is 28.7 Å². The molecule has 2 aliphatic heterocycles. The lowest BCUT2D eigenvalue weighted by Gasteiger charge is -2.25. The van der Waals surface area contributed by atoms with Gasteiger partial charge in [-0.05, 0) is 26.7 Å². The van der Waals surface area contributed by atoms with Crippen molar-refractivity contribution >= 4 is 47.0 Å². The van der Waals surface area contributed by atoms with Crippen molar-refractivity contribution in [2.75, 3.05) is 24.6 Å². The van der Waals surface area contributed by atoms with E-state index < -0.39 is 30.0 Å². The Morgan fingerprint density at radius 2 is 1.87 bits per heavy atom. The van der Waals surface area contributed by atoms with Gasteiger partial charge in [-0.3, -0.25) is 19.2 Å². The molecule has 0 radical (unpaired) electrons. The number of rotatable bonds is 10. The van der Waals surface area contributed by atoms with Gasteiger partial charge < -0.3 is 26.4 Å². The van der Waals surface area contributed by atoms with Crippen LogP contribution in [0.25, 0.3) is 0 Å². The standard InChI is InChI=1S/C19H32N4O5S2/c1-4-5-13(16(26)18(28)20-9-15(25)22-11(2)12(3)24)23-17(27)14-8-19(10-21-14)29-6-7-30-19/h11,13-14,16,21,26H,4-10H2,1-3H3,(H,20,28)(H,22,25)(H,23,27)/t11-,13?,14-,16?/m0/s1. The Hall–Kier alpha value is -1.30. The van der Waals surface area contributed by atoms with Gasteiger partial charge in [0.15, 0.2) is 11.9 Å². The lowest BCUT2D eigenvalue weighted by molar-refractivity contribution is -0.134. The normalized spacial score (nSPS) is 22.9. The highest BCUT2D eigenvalue weighted by molar-refractivity contribution is 8.21. The van der Waals surface area contributed by atoms with Gasteiger partial charge in [-0.1, -0.05) is 13.3 Å². The number of ketones is 1. The molecule has 2 aliphatic rings. The van der Waals surface area contributed by atoms with Crippen LogP contribution in [0.15, 0.2) is 0 Å². The molecular weight excluding hydrogens is 428 g/mol. The third kappa shape index (κ3) is 6.86. The van der Waals surface area contributed by atoms with Crippen LogP contribution in [-0.2, 0) is 19.2 Å². The molecule has 2 fully saturated rings. The van der Waals surface area contributed by atoms with E-state index in [-0.39, 0.29) is 28.4 Å². The van der Waals surface area contributed by atoms with Gasteiger partial charge in [-0.15, -0.1) is 23.5 Å². The lowest BCUT2D eigenvalue weighted by atomic mass is 10.0. The van der Waals surface area contributed by atoms with Crippen LogP contribution in [0.1, 0.15) is 40.0 Å². The van der Waals surface area contributed by atoms with Crippen molar-refractivity contribution in [1.29, 1.82) is 0 Å². The summed E-state index contributed by atoms with van der Waals surface area (Å²) in [5, 5.41) is 21.3. The fourth-order valence-corrected chi connectivity index (χ4v) is 6.57. The van der Waals surface area contributed by atoms with Crippen LogP contribution in [0.2, 0.25) is 0 Å². The minimum atomic E-state index is -1.47. The quantitative estimate of drug-likeness (QED) is 0.291. The molecule has 0 bridgehead atoms. The molecule has 3 amide bonds. The maximum Gasteiger partial charge on any atom is 0.251 e. The van der Waals surface area contributed by atoms with Crippen LogP contribution in [0.5, 0.6) is 0 Å². The summed E-state index contributed by atoms with van der Waals surface area (Å²) in [6.07, 6.45) is 0.330. The lowest BCUT2D eigenvalue weighted by Crippen LogP contribution is -2.55. The molecule has 5 N–H and O–H groups in total. The van der Waals surface area contributed by atoms with Gasteiger partial charge in [0.2, 0.25) is 11.8 Å². The van der Waals surface area contributed by atoms with Crippen molar-refractivity contribution in [3.8, 4) is 0 Å². The van der Waals surface area contributed by atoms with Crippen LogP contribution in [0, 0.1) is 0 Å². The largest absolute Gasteiger partial charge is 0.381 e. The molecule has 0 aromatic carbocycles. The molecule has 0 saturated carbocycles. The predicted molar refractivity (Wildman–Crippen MR) is 118 cm³/mol. The number of hydrogen-bond donors (Lipinski definition) is 5. The van der Waals surface area contributed by atoms with Gasteiger partial charge in [0.25, 0.3) is 5.91 Å². The third-order valence-corrected chi connectivity index (χ3v) is 8.71. The molecule has 4 atom stereocenters. The zero-order chi connectivity index (χ0) is 22.3. The highest BCUT2D eigenvalue weighted by atomic mass is 32.2. The number of thioether (sulfide) groups is 2. The molecule has 11 heteroatoms. The summed E-state index contributed by atoms with van der Waals surface area (Å²) in [6, 6.07) is -1.75. The summed E-state index contributed by atoms with van der Waals surface area (Å²) in [5.74, 6) is 0.474. The van der Waals surface area contributed by atoms with Crippen molar-refractivity contribution < 1.29 is 24.3 Å². The zero-order valence-electron chi connectivity index (χ0n) is 17.7. The fourth-order valence-electron chi connectivity index (χ4n) is 3.39. The number of aliphatic hydroxyl groups excluding tert-OH is 1. The minimum Gasteiger partial charge on any atom is -0.381 e. The minimum absolute atomic E-state index is 0.0443. The van der Waals surface area contributed by atoms with Crippen LogP contribution in [-0.4, -0.2) is 81.5 Å². The molecule has 0 aliphatic carbocycles. The smallest absolute Gasteiger partial charge is 0.251 e. The Labute approximate surface area is 185 Å². The summed E-state index contributed by atoms with van der Waals surface area (Å²) < 4.78 is 0.0443. The maximum atomic E-state index is 12.7. The highest BCUT2D eigenvalue weighted by Crippen LogP contribution is 2.49. The van der Waals surface area contributed by atoms with E-state index in [1.165, 1.54) is 6.92 Å². The zero-order valence-corrected chi connectivity index (χ0v) is 19.3. The second-order valence-corrected chi connectivity index (χ2v) is 10.9. The van der Waals surface area contributed by atoms with Gasteiger partial charge in [-0.25, -0.2) is 0 Å². The van der Waals surface area contributed by atoms with Crippen molar-refractivity contribution in [2.45, 2.75) is 68.3 Å². The maximum absolute atomic E-state index is 12.7. The first-order valence-corrected chi connectivity index (χ1v) is 12.2. The monoisotopic (exact) mass is 460 g/mol. The van der Waals surface area contributed by atoms with Crippen LogP contribution >= 0.6 is 23.5 Å². The van der Waals surface area contributed by atoms with E-state index in [1.807, 2.05) is 30.4 Å². The molecule has 170 valence electrons. The second-order valence-electron chi connectivity index (χ2n) is 7.71. The second kappa shape index (κ2) is 11.4. The Bertz CT molecular complexity index is 657. The van der Waals surface area contributed by atoms with E-state index in [0.29, 0.717) is 19.3 Å². The summed E-state index contributed by atoms with van der Waals surface area (Å²) in [5.41, 5.74) is 0. The third-order valence-electron chi connectivity index (χ3n) is 5.25. The average Bonchev–Trinajstić information content (AvgIpc) is 3.35. The van der Waals surface area contributed by atoms with E-state index >= 15 is 0 Å². The topological polar surface area (TPSA) is 137 Å². The molecule has 2 unspecified atom stereocenters. The molecule has 1 spiro atoms. The molecule has 30 heavy (non-hydrogen) atoms. The van der Waals surface area contributed by atoms with Crippen LogP contribution < -0.4 is 21.3 Å². The summed E-state index contributed by atoms with van der Waals surface area (Å²) in [7, 11) is 0. The predicted octanol–water partition coefficient (Wildman–Crippen LogP) is -0.620. The Morgan fingerprint density at radius 3 is 2.47 bits per heavy atom. The Morgan fingerprint density at radius 1 is 1.20 bits per heavy atom. The van der Waals surface area contributed by atoms with E-state index in [2.05, 4.69) is 21.3 Å². The number of Topliss-reactive ketones (excluding diaryl/α,β-unsaturated/α-hetero) is 1. The number of nitrogens with one attached hydrogen (secondary N) is 4. The number of amides is 3. The molecular formula is C19H32N4O5S2. The molecule has 2 saturated heterocycles. The van der Waals surface area contributed by atoms with Crippen molar-refractivity contribution in [1.82, 2.24) is 21.3 Å². The molecule has 0 aromatic heterocycles. The summed E-state index contributed by atoms with van der Waals surface area (Å²) >= 11 is 3.75. The van der Waals surface area contributed by atoms with Gasteiger partial charge in [0.1, 0.15) is 0 Å². The average molecular weight is 461 g/mol. The molecule has 9 nitrogen and oxygen atoms in total. The highest BCUT2D eigenvalue weighted by Gasteiger charge is 2.45. The molecule has 0 aromatic rings. The van der Waals surface area contributed by atoms with Gasteiger partial charge >= 0.3 is 0 Å². The van der Waals surface area contributed by atoms with E-state index in [0.717, 1.165) is 18.1 Å². The van der Waals surface area contributed by atoms with E-state index in [9.17, 15) is 24.3 Å². The summed E-state index contributed by atoms with van der Waals surface area (Å²) in [4.78, 5) is 48.0. The first kappa shape index (κ1) is 25.0. The fraction of sp³-hybridized carbons (Fsp3) is 0.789. The first-order chi connectivity index (χ1) is 14.2. The van der Waals surface area contributed by atoms with Crippen molar-refractivity contribution in [3.63, 3.8) is 0 Å². The van der Waals surface area contributed by atoms with Crippen LogP contribution in [0.3, 0.4) is 0 Å². The molecule has 2 rings (SSSR count). The summed E-state index contributed by atoms with van der Waals surface area (Å²) in [6.45, 7) is 5.20. The number of carbonyl (C=O) groups is 4. The SMILES string of the molecule is CCCC(NC(=O)[C@@H]1CC2(CN1)SCCS2)C(O)C(=O)NCC(=O)N[C@@H](C)C(C)=O. The van der Waals surface area contributed by atoms with Gasteiger partial charge in [-0.2, -0.15) is 0 Å². The van der Waals surface area contributed by atoms with Crippen molar-refractivity contribution in [2.24, 2.45) is 0 Å². The Kier molecular flexibility index (Phi) is 9.45. The van der Waals surface area contributed by atoms with E-state index in [4.69, 9.17) is 0 Å². The number of carbonyl (C=O) groups excluding carboxylic acids is 4. The van der Waals surface area contributed by atoms with E-state index in [1.54, 1.807) is 6.92 Å². The number of hydrogen-bond acceptors (Lipinski definition) is 8. The first-order valence-electron chi connectivity index (χ1n) is 10.2. The van der Waals surface area contributed by atoms with Crippen LogP contribution in [0.4, 0.5) is 0 Å². The number of aliphatic hydroxyl groups is 1. The Balaban J connectivity index is 1.85. The van der Waals surface area contributed by atoms with Crippen molar-refractivity contribution in [3.05, 3.63) is 0 Å². The molecule has 2 heterocycles. The van der Waals surface area contributed by atoms with Gasteiger partial charge in [0, 0.05) is 18.1 Å².